The second-order valence-electron chi connectivity index (χ2n) is 3.19. The van der Waals surface area contributed by atoms with E-state index in [4.69, 9.17) is 5.73 Å². The fourth-order valence-corrected chi connectivity index (χ4v) is 1.29. The van der Waals surface area contributed by atoms with Gasteiger partial charge in [-0.2, -0.15) is 0 Å². The number of nitrogen functional groups attached to an aromatic ring is 1. The molecule has 0 bridgehead atoms. The largest absolute Gasteiger partial charge is 0.399 e. The fraction of sp³-hybridized carbons (Fsp3) is 0.0909. The second kappa shape index (κ2) is 4.41. The van der Waals surface area contributed by atoms with E-state index in [0.717, 1.165) is 17.1 Å². The predicted molar refractivity (Wildman–Crippen MR) is 60.2 cm³/mol. The zero-order chi connectivity index (χ0) is 10.5. The fourth-order valence-electron chi connectivity index (χ4n) is 1.29. The zero-order valence-corrected chi connectivity index (χ0v) is 8.22. The zero-order valence-electron chi connectivity index (χ0n) is 8.22. The summed E-state index contributed by atoms with van der Waals surface area (Å²) in [5.41, 5.74) is 7.57. The van der Waals surface area contributed by atoms with Gasteiger partial charge in [-0.25, -0.2) is 4.98 Å². The van der Waals surface area contributed by atoms with E-state index in [2.05, 4.69) is 15.3 Å². The van der Waals surface area contributed by atoms with Gasteiger partial charge >= 0.3 is 0 Å². The van der Waals surface area contributed by atoms with Gasteiger partial charge in [-0.05, 0) is 17.7 Å². The molecule has 1 aromatic carbocycles. The summed E-state index contributed by atoms with van der Waals surface area (Å²) in [6.45, 7) is 0.698. The molecule has 0 aliphatic heterocycles. The number of nitrogens with zero attached hydrogens (tertiary/aromatic N) is 2. The maximum Gasteiger partial charge on any atom is 0.144 e. The molecule has 0 aliphatic carbocycles. The molecule has 0 saturated carbocycles. The second-order valence-corrected chi connectivity index (χ2v) is 3.19. The van der Waals surface area contributed by atoms with Crippen LogP contribution in [0.25, 0.3) is 0 Å². The predicted octanol–water partition coefficient (Wildman–Crippen LogP) is 1.67. The summed E-state index contributed by atoms with van der Waals surface area (Å²) >= 11 is 0. The van der Waals surface area contributed by atoms with Crippen LogP contribution in [-0.4, -0.2) is 9.97 Å². The quantitative estimate of drug-likeness (QED) is 0.740. The van der Waals surface area contributed by atoms with Crippen molar-refractivity contribution in [3.63, 3.8) is 0 Å². The lowest BCUT2D eigenvalue weighted by atomic mass is 10.2. The summed E-state index contributed by atoms with van der Waals surface area (Å²) in [4.78, 5) is 8.08. The lowest BCUT2D eigenvalue weighted by Crippen LogP contribution is -2.01. The van der Waals surface area contributed by atoms with Crippen LogP contribution in [0, 0.1) is 0 Å². The highest BCUT2D eigenvalue weighted by Gasteiger charge is 1.94. The van der Waals surface area contributed by atoms with E-state index in [0.29, 0.717) is 6.54 Å². The molecule has 0 saturated heterocycles. The topological polar surface area (TPSA) is 63.8 Å². The minimum absolute atomic E-state index is 0.698. The highest BCUT2D eigenvalue weighted by Crippen LogP contribution is 2.08. The maximum atomic E-state index is 5.67. The lowest BCUT2D eigenvalue weighted by Gasteiger charge is -2.05. The molecule has 0 amide bonds. The average molecular weight is 200 g/mol. The van der Waals surface area contributed by atoms with Crippen LogP contribution in [0.15, 0.2) is 42.9 Å². The summed E-state index contributed by atoms with van der Waals surface area (Å²) < 4.78 is 0. The average Bonchev–Trinajstić information content (AvgIpc) is 2.28. The van der Waals surface area contributed by atoms with E-state index in [1.807, 2.05) is 24.3 Å². The van der Waals surface area contributed by atoms with Gasteiger partial charge in [0.05, 0.1) is 6.20 Å². The third-order valence-corrected chi connectivity index (χ3v) is 1.99. The van der Waals surface area contributed by atoms with Crippen molar-refractivity contribution in [1.82, 2.24) is 9.97 Å². The number of nitrogens with two attached hydrogens (primary N) is 1. The first-order chi connectivity index (χ1) is 7.34. The van der Waals surface area contributed by atoms with E-state index in [1.54, 1.807) is 18.6 Å². The number of nitrogens with one attached hydrogen (secondary N) is 1. The van der Waals surface area contributed by atoms with Crippen molar-refractivity contribution in [1.29, 1.82) is 0 Å². The Labute approximate surface area is 88.2 Å². The first kappa shape index (κ1) is 9.45. The third kappa shape index (κ3) is 2.67. The minimum atomic E-state index is 0.698. The Hall–Kier alpha value is -2.10. The summed E-state index contributed by atoms with van der Waals surface area (Å²) in [7, 11) is 0. The Kier molecular flexibility index (Phi) is 2.78. The molecule has 0 radical (unpaired) electrons. The molecular weight excluding hydrogens is 188 g/mol. The number of anilines is 2. The molecule has 0 atom stereocenters. The molecule has 1 aromatic heterocycles. The number of aromatic nitrogens is 2. The first-order valence-corrected chi connectivity index (χ1v) is 4.69. The summed E-state index contributed by atoms with van der Waals surface area (Å²) in [6.07, 6.45) is 4.99. The third-order valence-electron chi connectivity index (χ3n) is 1.99. The van der Waals surface area contributed by atoms with Gasteiger partial charge in [0.25, 0.3) is 0 Å². The number of benzene rings is 1. The van der Waals surface area contributed by atoms with Gasteiger partial charge in [-0.3, -0.25) is 4.98 Å². The molecule has 4 heteroatoms. The van der Waals surface area contributed by atoms with Gasteiger partial charge in [-0.1, -0.05) is 12.1 Å². The highest BCUT2D eigenvalue weighted by atomic mass is 15.0. The highest BCUT2D eigenvalue weighted by molar-refractivity contribution is 5.42. The Morgan fingerprint density at radius 2 is 2.20 bits per heavy atom. The summed E-state index contributed by atoms with van der Waals surface area (Å²) in [6, 6.07) is 7.75. The van der Waals surface area contributed by atoms with Crippen molar-refractivity contribution in [2.24, 2.45) is 0 Å². The van der Waals surface area contributed by atoms with Crippen LogP contribution in [0.1, 0.15) is 5.56 Å². The number of rotatable bonds is 3. The standard InChI is InChI=1S/C11H12N4/c12-10-3-1-2-9(6-10)7-15-11-8-13-4-5-14-11/h1-6,8H,7,12H2,(H,14,15). The van der Waals surface area contributed by atoms with Crippen LogP contribution in [0.2, 0.25) is 0 Å². The van der Waals surface area contributed by atoms with Crippen LogP contribution in [0.3, 0.4) is 0 Å². The van der Waals surface area contributed by atoms with Crippen molar-refractivity contribution < 1.29 is 0 Å². The van der Waals surface area contributed by atoms with Gasteiger partial charge in [-0.15, -0.1) is 0 Å². The summed E-state index contributed by atoms with van der Waals surface area (Å²) in [5, 5.41) is 3.16. The number of hydrogen-bond acceptors (Lipinski definition) is 4. The normalized spacial score (nSPS) is 9.87. The Bertz CT molecular complexity index is 428. The smallest absolute Gasteiger partial charge is 0.144 e. The monoisotopic (exact) mass is 200 g/mol. The SMILES string of the molecule is Nc1cccc(CNc2cnccn2)c1. The minimum Gasteiger partial charge on any atom is -0.399 e. The first-order valence-electron chi connectivity index (χ1n) is 4.69. The van der Waals surface area contributed by atoms with Crippen molar-refractivity contribution >= 4 is 11.5 Å². The van der Waals surface area contributed by atoms with Gasteiger partial charge in [0, 0.05) is 24.6 Å². The molecule has 76 valence electrons. The molecule has 4 nitrogen and oxygen atoms in total. The van der Waals surface area contributed by atoms with Crippen LogP contribution >= 0.6 is 0 Å². The van der Waals surface area contributed by atoms with Crippen molar-refractivity contribution in [2.75, 3.05) is 11.1 Å². The molecule has 15 heavy (non-hydrogen) atoms. The summed E-state index contributed by atoms with van der Waals surface area (Å²) in [5.74, 6) is 0.764. The van der Waals surface area contributed by atoms with E-state index in [9.17, 15) is 0 Å². The van der Waals surface area contributed by atoms with E-state index < -0.39 is 0 Å². The molecular formula is C11H12N4. The molecule has 2 rings (SSSR count). The molecule has 1 heterocycles. The van der Waals surface area contributed by atoms with Crippen LogP contribution in [-0.2, 0) is 6.54 Å². The lowest BCUT2D eigenvalue weighted by molar-refractivity contribution is 1.09. The number of hydrogen-bond donors (Lipinski definition) is 2. The van der Waals surface area contributed by atoms with Gasteiger partial charge in [0.15, 0.2) is 0 Å². The van der Waals surface area contributed by atoms with Crippen molar-refractivity contribution in [3.8, 4) is 0 Å². The van der Waals surface area contributed by atoms with Crippen molar-refractivity contribution in [2.45, 2.75) is 6.54 Å². The van der Waals surface area contributed by atoms with Gasteiger partial charge < -0.3 is 11.1 Å². The van der Waals surface area contributed by atoms with Gasteiger partial charge in [0.1, 0.15) is 5.82 Å². The molecule has 0 aliphatic rings. The van der Waals surface area contributed by atoms with E-state index >= 15 is 0 Å². The molecule has 2 aromatic rings. The van der Waals surface area contributed by atoms with E-state index in [-0.39, 0.29) is 0 Å². The molecule has 0 fully saturated rings. The van der Waals surface area contributed by atoms with Crippen LogP contribution in [0.5, 0.6) is 0 Å². The molecule has 0 spiro atoms. The molecule has 3 N–H and O–H groups in total. The Morgan fingerprint density at radius 1 is 1.27 bits per heavy atom. The van der Waals surface area contributed by atoms with E-state index in [1.165, 1.54) is 0 Å². The molecule has 0 unspecified atom stereocenters. The van der Waals surface area contributed by atoms with Crippen LogP contribution in [0.4, 0.5) is 11.5 Å². The van der Waals surface area contributed by atoms with Crippen LogP contribution < -0.4 is 11.1 Å². The van der Waals surface area contributed by atoms with Gasteiger partial charge in [0.2, 0.25) is 0 Å². The van der Waals surface area contributed by atoms with Crippen molar-refractivity contribution in [3.05, 3.63) is 48.4 Å². The Morgan fingerprint density at radius 3 is 2.93 bits per heavy atom. The maximum absolute atomic E-state index is 5.67. The Balaban J connectivity index is 1.99.